The Morgan fingerprint density at radius 3 is 2.30 bits per heavy atom. The Bertz CT molecular complexity index is 500. The number of carbonyl (C=O) groups is 2. The fourth-order valence-electron chi connectivity index (χ4n) is 1.72. The number of nitrogens with two attached hydrogens (primary N) is 1. The van der Waals surface area contributed by atoms with Gasteiger partial charge in [0.1, 0.15) is 6.04 Å². The van der Waals surface area contributed by atoms with E-state index in [0.29, 0.717) is 5.56 Å². The first kappa shape index (κ1) is 16.0. The molecule has 1 aromatic carbocycles. The van der Waals surface area contributed by atoms with Crippen LogP contribution in [-0.4, -0.2) is 23.9 Å². The van der Waals surface area contributed by atoms with Crippen LogP contribution in [-0.2, 0) is 4.79 Å². The Morgan fingerprint density at radius 1 is 1.15 bits per heavy atom. The van der Waals surface area contributed by atoms with E-state index in [1.54, 1.807) is 25.1 Å². The normalized spacial score (nSPS) is 11.9. The zero-order chi connectivity index (χ0) is 15.3. The topological polar surface area (TPSA) is 96.2 Å². The lowest BCUT2D eigenvalue weighted by molar-refractivity contribution is -0.123. The van der Waals surface area contributed by atoms with E-state index in [-0.39, 0.29) is 17.9 Å². The number of hydrogen-bond acceptors (Lipinski definition) is 4. The van der Waals surface area contributed by atoms with Crippen molar-refractivity contribution in [2.45, 2.75) is 39.8 Å². The maximum atomic E-state index is 12.1. The predicted molar refractivity (Wildman–Crippen MR) is 79.2 cm³/mol. The summed E-state index contributed by atoms with van der Waals surface area (Å²) in [6, 6.07) is 4.56. The average Bonchev–Trinajstić information content (AvgIpc) is 2.37. The SMILES string of the molecule is Cc1cc(C(=O)NC(C)C(=O)NC(C)C)ccc1NN. The maximum Gasteiger partial charge on any atom is 0.251 e. The second-order valence-corrected chi connectivity index (χ2v) is 5.03. The lowest BCUT2D eigenvalue weighted by atomic mass is 10.1. The number of nitrogens with one attached hydrogen (secondary N) is 3. The third-order valence-corrected chi connectivity index (χ3v) is 2.82. The van der Waals surface area contributed by atoms with Gasteiger partial charge in [-0.1, -0.05) is 0 Å². The minimum absolute atomic E-state index is 0.0407. The summed E-state index contributed by atoms with van der Waals surface area (Å²) in [7, 11) is 0. The van der Waals surface area contributed by atoms with Crippen molar-refractivity contribution in [3.05, 3.63) is 29.3 Å². The van der Waals surface area contributed by atoms with Crippen molar-refractivity contribution < 1.29 is 9.59 Å². The lowest BCUT2D eigenvalue weighted by Crippen LogP contribution is -2.46. The van der Waals surface area contributed by atoms with Crippen molar-refractivity contribution in [2.24, 2.45) is 5.84 Å². The van der Waals surface area contributed by atoms with Gasteiger partial charge in [-0.15, -0.1) is 0 Å². The number of aryl methyl sites for hydroxylation is 1. The molecule has 0 bridgehead atoms. The highest BCUT2D eigenvalue weighted by atomic mass is 16.2. The number of nitrogen functional groups attached to an aromatic ring is 1. The molecule has 2 amide bonds. The molecule has 0 aliphatic heterocycles. The van der Waals surface area contributed by atoms with Crippen molar-refractivity contribution in [3.8, 4) is 0 Å². The van der Waals surface area contributed by atoms with Crippen LogP contribution < -0.4 is 21.9 Å². The van der Waals surface area contributed by atoms with Crippen LogP contribution in [0.4, 0.5) is 5.69 Å². The number of anilines is 1. The quantitative estimate of drug-likeness (QED) is 0.476. The van der Waals surface area contributed by atoms with Gasteiger partial charge < -0.3 is 16.1 Å². The number of hydrogen-bond donors (Lipinski definition) is 4. The molecule has 0 aliphatic rings. The third-order valence-electron chi connectivity index (χ3n) is 2.82. The Morgan fingerprint density at radius 2 is 1.80 bits per heavy atom. The highest BCUT2D eigenvalue weighted by molar-refractivity contribution is 5.97. The molecule has 0 spiro atoms. The molecule has 0 fully saturated rings. The summed E-state index contributed by atoms with van der Waals surface area (Å²) in [5.74, 6) is 4.85. The van der Waals surface area contributed by atoms with E-state index >= 15 is 0 Å². The van der Waals surface area contributed by atoms with Gasteiger partial charge in [-0.3, -0.25) is 15.4 Å². The Kier molecular flexibility index (Phi) is 5.52. The van der Waals surface area contributed by atoms with Crippen LogP contribution in [0.2, 0.25) is 0 Å². The fourth-order valence-corrected chi connectivity index (χ4v) is 1.72. The van der Waals surface area contributed by atoms with Crippen molar-refractivity contribution in [1.29, 1.82) is 0 Å². The summed E-state index contributed by atoms with van der Waals surface area (Å²) in [4.78, 5) is 23.8. The molecule has 110 valence electrons. The molecular formula is C14H22N4O2. The van der Waals surface area contributed by atoms with Gasteiger partial charge in [0.25, 0.3) is 5.91 Å². The molecule has 1 atom stereocenters. The summed E-state index contributed by atoms with van der Waals surface area (Å²) >= 11 is 0. The van der Waals surface area contributed by atoms with Gasteiger partial charge in [0.05, 0.1) is 5.69 Å². The first-order valence-electron chi connectivity index (χ1n) is 6.53. The Balaban J connectivity index is 2.71. The highest BCUT2D eigenvalue weighted by Gasteiger charge is 2.17. The van der Waals surface area contributed by atoms with E-state index in [9.17, 15) is 9.59 Å². The number of rotatable bonds is 5. The van der Waals surface area contributed by atoms with Crippen LogP contribution in [0.3, 0.4) is 0 Å². The minimum Gasteiger partial charge on any atom is -0.352 e. The van der Waals surface area contributed by atoms with Crippen molar-refractivity contribution >= 4 is 17.5 Å². The number of carbonyl (C=O) groups excluding carboxylic acids is 2. The highest BCUT2D eigenvalue weighted by Crippen LogP contribution is 2.15. The molecule has 0 aliphatic carbocycles. The van der Waals surface area contributed by atoms with Gasteiger partial charge in [-0.2, -0.15) is 0 Å². The first-order valence-corrected chi connectivity index (χ1v) is 6.53. The van der Waals surface area contributed by atoms with E-state index < -0.39 is 6.04 Å². The molecule has 0 radical (unpaired) electrons. The zero-order valence-electron chi connectivity index (χ0n) is 12.3. The van der Waals surface area contributed by atoms with Gasteiger partial charge in [0, 0.05) is 11.6 Å². The van der Waals surface area contributed by atoms with Crippen LogP contribution in [0.5, 0.6) is 0 Å². The molecule has 1 aromatic rings. The fraction of sp³-hybridized carbons (Fsp3) is 0.429. The molecule has 20 heavy (non-hydrogen) atoms. The van der Waals surface area contributed by atoms with Crippen molar-refractivity contribution in [2.75, 3.05) is 5.43 Å². The second-order valence-electron chi connectivity index (χ2n) is 5.03. The molecule has 0 aromatic heterocycles. The van der Waals surface area contributed by atoms with E-state index in [0.717, 1.165) is 11.3 Å². The van der Waals surface area contributed by atoms with Crippen LogP contribution in [0.25, 0.3) is 0 Å². The number of hydrazine groups is 1. The second kappa shape index (κ2) is 6.91. The van der Waals surface area contributed by atoms with Crippen LogP contribution in [0.1, 0.15) is 36.7 Å². The smallest absolute Gasteiger partial charge is 0.251 e. The molecule has 6 heteroatoms. The zero-order valence-corrected chi connectivity index (χ0v) is 12.3. The summed E-state index contributed by atoms with van der Waals surface area (Å²) in [6.45, 7) is 7.24. The molecule has 5 N–H and O–H groups in total. The van der Waals surface area contributed by atoms with Crippen molar-refractivity contribution in [3.63, 3.8) is 0 Å². The summed E-state index contributed by atoms with van der Waals surface area (Å²) < 4.78 is 0. The minimum atomic E-state index is -0.586. The lowest BCUT2D eigenvalue weighted by Gasteiger charge is -2.16. The van der Waals surface area contributed by atoms with E-state index in [2.05, 4.69) is 16.1 Å². The maximum absolute atomic E-state index is 12.1. The molecule has 1 unspecified atom stereocenters. The Labute approximate surface area is 119 Å². The van der Waals surface area contributed by atoms with E-state index in [4.69, 9.17) is 5.84 Å². The van der Waals surface area contributed by atoms with Crippen LogP contribution in [0, 0.1) is 6.92 Å². The van der Waals surface area contributed by atoms with E-state index in [1.807, 2.05) is 20.8 Å². The average molecular weight is 278 g/mol. The summed E-state index contributed by atoms with van der Waals surface area (Å²) in [6.07, 6.45) is 0. The monoisotopic (exact) mass is 278 g/mol. The molecule has 0 saturated carbocycles. The van der Waals surface area contributed by atoms with Gasteiger partial charge in [-0.05, 0) is 51.5 Å². The number of benzene rings is 1. The standard InChI is InChI=1S/C14H22N4O2/c1-8(2)16-13(19)10(4)17-14(20)11-5-6-12(18-15)9(3)7-11/h5-8,10,18H,15H2,1-4H3,(H,16,19)(H,17,20). The predicted octanol–water partition coefficient (Wildman–Crippen LogP) is 0.924. The first-order chi connectivity index (χ1) is 9.35. The molecular weight excluding hydrogens is 256 g/mol. The molecule has 6 nitrogen and oxygen atoms in total. The van der Waals surface area contributed by atoms with Crippen LogP contribution in [0.15, 0.2) is 18.2 Å². The van der Waals surface area contributed by atoms with E-state index in [1.165, 1.54) is 0 Å². The van der Waals surface area contributed by atoms with Gasteiger partial charge in [0.2, 0.25) is 5.91 Å². The Hall–Kier alpha value is -2.08. The van der Waals surface area contributed by atoms with Gasteiger partial charge in [0.15, 0.2) is 0 Å². The van der Waals surface area contributed by atoms with Gasteiger partial charge >= 0.3 is 0 Å². The van der Waals surface area contributed by atoms with Crippen molar-refractivity contribution in [1.82, 2.24) is 10.6 Å². The molecule has 0 saturated heterocycles. The summed E-state index contributed by atoms with van der Waals surface area (Å²) in [5, 5.41) is 5.41. The number of amides is 2. The largest absolute Gasteiger partial charge is 0.352 e. The molecule has 0 heterocycles. The van der Waals surface area contributed by atoms with Gasteiger partial charge in [-0.25, -0.2) is 0 Å². The third kappa shape index (κ3) is 4.24. The summed E-state index contributed by atoms with van der Waals surface area (Å²) in [5.41, 5.74) is 4.65. The van der Waals surface area contributed by atoms with Crippen LogP contribution >= 0.6 is 0 Å². The molecule has 1 rings (SSSR count).